The summed E-state index contributed by atoms with van der Waals surface area (Å²) in [7, 11) is -1.64. The first-order valence-corrected chi connectivity index (χ1v) is 7.03. The van der Waals surface area contributed by atoms with Crippen LogP contribution in [0.2, 0.25) is 5.02 Å². The van der Waals surface area contributed by atoms with Crippen LogP contribution in [-0.4, -0.2) is 27.8 Å². The van der Waals surface area contributed by atoms with Gasteiger partial charge in [0.05, 0.1) is 10.8 Å². The Bertz CT molecular complexity index is 479. The van der Waals surface area contributed by atoms with E-state index < -0.39 is 15.8 Å². The van der Waals surface area contributed by atoms with Crippen LogP contribution in [0.4, 0.5) is 4.39 Å². The van der Waals surface area contributed by atoms with E-state index in [1.165, 1.54) is 18.2 Å². The van der Waals surface area contributed by atoms with Gasteiger partial charge in [-0.25, -0.2) is 17.5 Å². The first kappa shape index (κ1) is 14.4. The summed E-state index contributed by atoms with van der Waals surface area (Å²) in [6.07, 6.45) is 0. The number of hydrogen-bond donors (Lipinski definition) is 2. The van der Waals surface area contributed by atoms with Crippen LogP contribution in [0, 0.1) is 5.82 Å². The molecular weight excluding hydrogens is 267 g/mol. The third-order valence-electron chi connectivity index (χ3n) is 2.10. The van der Waals surface area contributed by atoms with Crippen molar-refractivity contribution in [2.24, 2.45) is 0 Å². The van der Waals surface area contributed by atoms with Crippen molar-refractivity contribution >= 4 is 21.6 Å². The molecule has 1 rings (SSSR count). The Morgan fingerprint density at radius 1 is 1.41 bits per heavy atom. The van der Waals surface area contributed by atoms with Gasteiger partial charge < -0.3 is 5.32 Å². The number of benzene rings is 1. The zero-order valence-corrected chi connectivity index (χ0v) is 10.9. The molecule has 2 N–H and O–H groups in total. The Morgan fingerprint density at radius 3 is 2.71 bits per heavy atom. The maximum Gasteiger partial charge on any atom is 0.213 e. The minimum Gasteiger partial charge on any atom is -0.319 e. The average molecular weight is 281 g/mol. The monoisotopic (exact) mass is 280 g/mol. The first-order chi connectivity index (χ1) is 7.94. The normalized spacial score (nSPS) is 11.7. The zero-order chi connectivity index (χ0) is 12.9. The molecule has 0 aliphatic carbocycles. The van der Waals surface area contributed by atoms with Gasteiger partial charge in [-0.3, -0.25) is 0 Å². The van der Waals surface area contributed by atoms with Crippen molar-refractivity contribution in [1.82, 2.24) is 10.0 Å². The van der Waals surface area contributed by atoms with E-state index in [9.17, 15) is 12.8 Å². The standard InChI is InChI=1S/C10H14ClFN2O2S/c1-13-4-5-17(15,16)14-7-8-2-3-10(12)9(11)6-8/h2-3,6,13-14H,4-5,7H2,1H3. The molecule has 7 heteroatoms. The van der Waals surface area contributed by atoms with E-state index in [1.807, 2.05) is 0 Å². The highest BCUT2D eigenvalue weighted by atomic mass is 35.5. The molecule has 0 aliphatic heterocycles. The molecule has 1 aromatic rings. The maximum atomic E-state index is 12.9. The van der Waals surface area contributed by atoms with Crippen LogP contribution in [0.3, 0.4) is 0 Å². The highest BCUT2D eigenvalue weighted by Gasteiger charge is 2.09. The summed E-state index contributed by atoms with van der Waals surface area (Å²) >= 11 is 5.59. The summed E-state index contributed by atoms with van der Waals surface area (Å²) in [6.45, 7) is 0.478. The molecule has 17 heavy (non-hydrogen) atoms. The number of nitrogens with one attached hydrogen (secondary N) is 2. The Kier molecular flexibility index (Phi) is 5.32. The minimum atomic E-state index is -3.31. The third-order valence-corrected chi connectivity index (χ3v) is 3.72. The molecule has 0 saturated carbocycles. The van der Waals surface area contributed by atoms with Gasteiger partial charge in [-0.05, 0) is 24.7 Å². The Morgan fingerprint density at radius 2 is 2.12 bits per heavy atom. The van der Waals surface area contributed by atoms with E-state index in [-0.39, 0.29) is 17.3 Å². The number of sulfonamides is 1. The highest BCUT2D eigenvalue weighted by Crippen LogP contribution is 2.15. The average Bonchev–Trinajstić information content (AvgIpc) is 2.28. The summed E-state index contributed by atoms with van der Waals surface area (Å²) in [5.41, 5.74) is 0.615. The molecule has 0 aliphatic rings. The molecule has 0 radical (unpaired) electrons. The number of rotatable bonds is 6. The molecule has 0 unspecified atom stereocenters. The van der Waals surface area contributed by atoms with Crippen LogP contribution in [0.15, 0.2) is 18.2 Å². The summed E-state index contributed by atoms with van der Waals surface area (Å²) < 4.78 is 38.2. The number of halogens is 2. The predicted molar refractivity (Wildman–Crippen MR) is 66.0 cm³/mol. The van der Waals surface area contributed by atoms with Gasteiger partial charge in [0.25, 0.3) is 0 Å². The second kappa shape index (κ2) is 6.30. The van der Waals surface area contributed by atoms with Crippen molar-refractivity contribution in [3.8, 4) is 0 Å². The largest absolute Gasteiger partial charge is 0.319 e. The quantitative estimate of drug-likeness (QED) is 0.821. The lowest BCUT2D eigenvalue weighted by Gasteiger charge is -2.07. The van der Waals surface area contributed by atoms with Crippen molar-refractivity contribution in [3.63, 3.8) is 0 Å². The van der Waals surface area contributed by atoms with E-state index in [2.05, 4.69) is 10.0 Å². The molecule has 0 saturated heterocycles. The molecule has 4 nitrogen and oxygen atoms in total. The van der Waals surface area contributed by atoms with Gasteiger partial charge in [0, 0.05) is 13.1 Å². The van der Waals surface area contributed by atoms with Gasteiger partial charge in [0.1, 0.15) is 5.82 Å². The fourth-order valence-electron chi connectivity index (χ4n) is 1.15. The van der Waals surface area contributed by atoms with Gasteiger partial charge in [-0.15, -0.1) is 0 Å². The van der Waals surface area contributed by atoms with E-state index >= 15 is 0 Å². The van der Waals surface area contributed by atoms with Crippen LogP contribution in [0.1, 0.15) is 5.56 Å². The van der Waals surface area contributed by atoms with E-state index in [0.29, 0.717) is 12.1 Å². The number of hydrogen-bond acceptors (Lipinski definition) is 3. The van der Waals surface area contributed by atoms with E-state index in [4.69, 9.17) is 11.6 Å². The van der Waals surface area contributed by atoms with Gasteiger partial charge in [0.15, 0.2) is 0 Å². The lowest BCUT2D eigenvalue weighted by atomic mass is 10.2. The minimum absolute atomic E-state index is 0.00156. The van der Waals surface area contributed by atoms with E-state index in [1.54, 1.807) is 7.05 Å². The zero-order valence-electron chi connectivity index (χ0n) is 9.33. The van der Waals surface area contributed by atoms with Crippen molar-refractivity contribution in [2.75, 3.05) is 19.3 Å². The SMILES string of the molecule is CNCCS(=O)(=O)NCc1ccc(F)c(Cl)c1. The first-order valence-electron chi connectivity index (χ1n) is 5.00. The van der Waals surface area contributed by atoms with Crippen molar-refractivity contribution < 1.29 is 12.8 Å². The topological polar surface area (TPSA) is 58.2 Å². The van der Waals surface area contributed by atoms with Crippen LogP contribution in [0.5, 0.6) is 0 Å². The highest BCUT2D eigenvalue weighted by molar-refractivity contribution is 7.89. The fourth-order valence-corrected chi connectivity index (χ4v) is 2.36. The predicted octanol–water partition coefficient (Wildman–Crippen LogP) is 1.12. The van der Waals surface area contributed by atoms with Gasteiger partial charge in [-0.2, -0.15) is 0 Å². The lowest BCUT2D eigenvalue weighted by molar-refractivity contribution is 0.579. The molecule has 0 atom stereocenters. The Hall–Kier alpha value is -0.690. The summed E-state index contributed by atoms with van der Waals surface area (Å²) in [4.78, 5) is 0. The molecule has 0 aromatic heterocycles. The molecule has 1 aromatic carbocycles. The second-order valence-electron chi connectivity index (χ2n) is 3.49. The molecule has 0 heterocycles. The van der Waals surface area contributed by atoms with Crippen LogP contribution in [0.25, 0.3) is 0 Å². The Balaban J connectivity index is 2.58. The van der Waals surface area contributed by atoms with Crippen molar-refractivity contribution in [1.29, 1.82) is 0 Å². The maximum absolute atomic E-state index is 12.9. The molecular formula is C10H14ClFN2O2S. The van der Waals surface area contributed by atoms with Gasteiger partial charge in [-0.1, -0.05) is 17.7 Å². The molecule has 0 bridgehead atoms. The molecule has 0 fully saturated rings. The van der Waals surface area contributed by atoms with Crippen molar-refractivity contribution in [2.45, 2.75) is 6.54 Å². The second-order valence-corrected chi connectivity index (χ2v) is 5.83. The summed E-state index contributed by atoms with van der Waals surface area (Å²) in [6, 6.07) is 4.10. The molecule has 96 valence electrons. The third kappa shape index (κ3) is 4.99. The van der Waals surface area contributed by atoms with Gasteiger partial charge in [0.2, 0.25) is 10.0 Å². The van der Waals surface area contributed by atoms with Crippen molar-refractivity contribution in [3.05, 3.63) is 34.6 Å². The molecule has 0 spiro atoms. The smallest absolute Gasteiger partial charge is 0.213 e. The summed E-state index contributed by atoms with van der Waals surface area (Å²) in [5.74, 6) is -0.522. The van der Waals surface area contributed by atoms with Crippen LogP contribution < -0.4 is 10.0 Å². The fraction of sp³-hybridized carbons (Fsp3) is 0.400. The van der Waals surface area contributed by atoms with Crippen LogP contribution in [-0.2, 0) is 16.6 Å². The summed E-state index contributed by atoms with van der Waals surface area (Å²) in [5, 5.41) is 2.73. The van der Waals surface area contributed by atoms with Crippen LogP contribution >= 0.6 is 11.6 Å². The lowest BCUT2D eigenvalue weighted by Crippen LogP contribution is -2.30. The van der Waals surface area contributed by atoms with Gasteiger partial charge >= 0.3 is 0 Å². The Labute approximate surface area is 105 Å². The molecule has 0 amide bonds. The van der Waals surface area contributed by atoms with E-state index in [0.717, 1.165) is 0 Å².